The zero-order valence-corrected chi connectivity index (χ0v) is 11.6. The van der Waals surface area contributed by atoms with Crippen LogP contribution in [-0.2, 0) is 4.79 Å². The fourth-order valence-electron chi connectivity index (χ4n) is 1.75. The van der Waals surface area contributed by atoms with Gasteiger partial charge in [0, 0.05) is 19.7 Å². The number of thioether (sulfide) groups is 1. The molecule has 0 aliphatic heterocycles. The molecule has 0 aliphatic rings. The molecule has 1 aromatic carbocycles. The Morgan fingerprint density at radius 3 is 2.63 bits per heavy atom. The van der Waals surface area contributed by atoms with Crippen LogP contribution in [0.15, 0.2) is 41.7 Å². The van der Waals surface area contributed by atoms with Crippen molar-refractivity contribution in [3.8, 4) is 11.3 Å². The van der Waals surface area contributed by atoms with Gasteiger partial charge in [-0.15, -0.1) is 0 Å². The average molecular weight is 277 g/mol. The third-order valence-electron chi connectivity index (χ3n) is 2.50. The summed E-state index contributed by atoms with van der Waals surface area (Å²) in [5.74, 6) is -0.849. The van der Waals surface area contributed by atoms with E-state index in [1.807, 2.05) is 54.1 Å². The van der Waals surface area contributed by atoms with Crippen molar-refractivity contribution in [2.45, 2.75) is 5.16 Å². The quantitative estimate of drug-likeness (QED) is 0.846. The summed E-state index contributed by atoms with van der Waals surface area (Å²) in [6.45, 7) is 0. The lowest BCUT2D eigenvalue weighted by Crippen LogP contribution is -2.26. The molecular formula is C13H15N3O2S. The van der Waals surface area contributed by atoms with Crippen LogP contribution in [0.4, 0.5) is 0 Å². The van der Waals surface area contributed by atoms with Crippen molar-refractivity contribution in [3.63, 3.8) is 0 Å². The van der Waals surface area contributed by atoms with Crippen molar-refractivity contribution in [3.05, 3.63) is 36.5 Å². The number of carboxylic acid groups (broad SMARTS) is 1. The number of hydrogen-bond acceptors (Lipinski definition) is 4. The minimum atomic E-state index is -0.848. The molecule has 0 radical (unpaired) electrons. The lowest BCUT2D eigenvalue weighted by Gasteiger charge is -2.19. The van der Waals surface area contributed by atoms with Crippen LogP contribution in [-0.4, -0.2) is 40.6 Å². The Labute approximate surface area is 115 Å². The molecule has 0 aliphatic carbocycles. The number of aliphatic carboxylic acids is 1. The van der Waals surface area contributed by atoms with Gasteiger partial charge in [0.1, 0.15) is 0 Å². The molecule has 100 valence electrons. The standard InChI is InChI=1S/C13H15N3O2S/c1-15(2)16-11(10-6-4-3-5-7-10)8-14-13(16)19-9-12(17)18/h3-8H,9H2,1-2H3,(H,17,18). The van der Waals surface area contributed by atoms with Crippen LogP contribution >= 0.6 is 11.8 Å². The Hall–Kier alpha value is -1.95. The van der Waals surface area contributed by atoms with E-state index in [0.29, 0.717) is 5.16 Å². The maximum atomic E-state index is 10.7. The lowest BCUT2D eigenvalue weighted by molar-refractivity contribution is -0.133. The molecule has 0 unspecified atom stereocenters. The van der Waals surface area contributed by atoms with Gasteiger partial charge in [0.15, 0.2) is 5.16 Å². The number of carboxylic acids is 1. The van der Waals surface area contributed by atoms with Gasteiger partial charge in [0.05, 0.1) is 17.6 Å². The number of nitrogens with zero attached hydrogens (tertiary/aromatic N) is 3. The van der Waals surface area contributed by atoms with Gasteiger partial charge in [0.2, 0.25) is 0 Å². The molecule has 1 aromatic heterocycles. The Balaban J connectivity index is 2.37. The normalized spacial score (nSPS) is 10.4. The van der Waals surface area contributed by atoms with Crippen LogP contribution in [0.3, 0.4) is 0 Å². The molecular weight excluding hydrogens is 262 g/mol. The molecule has 0 fully saturated rings. The SMILES string of the molecule is CN(C)n1c(-c2ccccc2)cnc1SCC(=O)O. The van der Waals surface area contributed by atoms with Crippen LogP contribution in [0.2, 0.25) is 0 Å². The van der Waals surface area contributed by atoms with Crippen molar-refractivity contribution >= 4 is 17.7 Å². The summed E-state index contributed by atoms with van der Waals surface area (Å²) in [6.07, 6.45) is 1.76. The molecule has 6 heteroatoms. The van der Waals surface area contributed by atoms with Gasteiger partial charge in [-0.25, -0.2) is 9.66 Å². The van der Waals surface area contributed by atoms with E-state index in [9.17, 15) is 4.79 Å². The average Bonchev–Trinajstić information content (AvgIpc) is 2.81. The van der Waals surface area contributed by atoms with Gasteiger partial charge in [-0.2, -0.15) is 0 Å². The number of benzene rings is 1. The van der Waals surface area contributed by atoms with E-state index in [2.05, 4.69) is 4.98 Å². The van der Waals surface area contributed by atoms with E-state index in [-0.39, 0.29) is 5.75 Å². The monoisotopic (exact) mass is 277 g/mol. The summed E-state index contributed by atoms with van der Waals surface area (Å²) in [7, 11) is 3.80. The molecule has 1 N–H and O–H groups in total. The van der Waals surface area contributed by atoms with Gasteiger partial charge >= 0.3 is 5.97 Å². The van der Waals surface area contributed by atoms with Crippen molar-refractivity contribution in [1.29, 1.82) is 0 Å². The molecule has 0 saturated heterocycles. The maximum absolute atomic E-state index is 10.7. The van der Waals surface area contributed by atoms with E-state index in [1.165, 1.54) is 11.8 Å². The predicted octanol–water partition coefficient (Wildman–Crippen LogP) is 1.92. The highest BCUT2D eigenvalue weighted by atomic mass is 32.2. The summed E-state index contributed by atoms with van der Waals surface area (Å²) in [6, 6.07) is 9.89. The second-order valence-electron chi connectivity index (χ2n) is 4.13. The summed E-state index contributed by atoms with van der Waals surface area (Å²) in [4.78, 5) is 15.0. The summed E-state index contributed by atoms with van der Waals surface area (Å²) in [5.41, 5.74) is 1.99. The Morgan fingerprint density at radius 2 is 2.05 bits per heavy atom. The molecule has 5 nitrogen and oxygen atoms in total. The van der Waals surface area contributed by atoms with Crippen molar-refractivity contribution in [2.24, 2.45) is 0 Å². The molecule has 0 atom stereocenters. The van der Waals surface area contributed by atoms with Crippen molar-refractivity contribution < 1.29 is 9.90 Å². The zero-order chi connectivity index (χ0) is 13.8. The highest BCUT2D eigenvalue weighted by Crippen LogP contribution is 2.25. The van der Waals surface area contributed by atoms with E-state index in [4.69, 9.17) is 5.11 Å². The first-order valence-electron chi connectivity index (χ1n) is 5.75. The molecule has 0 spiro atoms. The number of imidazole rings is 1. The van der Waals surface area contributed by atoms with E-state index >= 15 is 0 Å². The number of carbonyl (C=O) groups is 1. The van der Waals surface area contributed by atoms with Crippen LogP contribution in [0.25, 0.3) is 11.3 Å². The predicted molar refractivity (Wildman–Crippen MR) is 76.1 cm³/mol. The number of aromatic nitrogens is 2. The van der Waals surface area contributed by atoms with Gasteiger partial charge in [-0.1, -0.05) is 42.1 Å². The first-order valence-corrected chi connectivity index (χ1v) is 6.73. The highest BCUT2D eigenvalue weighted by Gasteiger charge is 2.14. The van der Waals surface area contributed by atoms with Crippen molar-refractivity contribution in [2.75, 3.05) is 24.9 Å². The molecule has 0 bridgehead atoms. The molecule has 1 heterocycles. The van der Waals surface area contributed by atoms with Crippen molar-refractivity contribution in [1.82, 2.24) is 9.66 Å². The molecule has 19 heavy (non-hydrogen) atoms. The minimum absolute atomic E-state index is 0.000910. The molecule has 0 saturated carbocycles. The Bertz CT molecular complexity index is 567. The zero-order valence-electron chi connectivity index (χ0n) is 10.8. The molecule has 2 aromatic rings. The van der Waals surface area contributed by atoms with Gasteiger partial charge in [-0.3, -0.25) is 4.79 Å². The van der Waals surface area contributed by atoms with Crippen LogP contribution in [0.5, 0.6) is 0 Å². The lowest BCUT2D eigenvalue weighted by atomic mass is 10.2. The first-order chi connectivity index (χ1) is 9.09. The van der Waals surface area contributed by atoms with Crippen LogP contribution in [0.1, 0.15) is 0 Å². The highest BCUT2D eigenvalue weighted by molar-refractivity contribution is 7.99. The van der Waals surface area contributed by atoms with Crippen LogP contribution in [0, 0.1) is 0 Å². The topological polar surface area (TPSA) is 58.4 Å². The first kappa shape index (κ1) is 13.5. The summed E-state index contributed by atoms with van der Waals surface area (Å²) in [5, 5.41) is 11.3. The van der Waals surface area contributed by atoms with E-state index < -0.39 is 5.97 Å². The van der Waals surface area contributed by atoms with Gasteiger partial charge in [0.25, 0.3) is 0 Å². The maximum Gasteiger partial charge on any atom is 0.313 e. The largest absolute Gasteiger partial charge is 0.481 e. The fourth-order valence-corrected chi connectivity index (χ4v) is 2.51. The molecule has 2 rings (SSSR count). The second-order valence-corrected chi connectivity index (χ2v) is 5.08. The summed E-state index contributed by atoms with van der Waals surface area (Å²) < 4.78 is 1.91. The third kappa shape index (κ3) is 3.08. The van der Waals surface area contributed by atoms with Crippen LogP contribution < -0.4 is 5.01 Å². The van der Waals surface area contributed by atoms with E-state index in [1.54, 1.807) is 6.20 Å². The summed E-state index contributed by atoms with van der Waals surface area (Å²) >= 11 is 1.21. The second kappa shape index (κ2) is 5.79. The number of hydrogen-bond donors (Lipinski definition) is 1. The molecule has 0 amide bonds. The fraction of sp³-hybridized carbons (Fsp3) is 0.231. The van der Waals surface area contributed by atoms with Gasteiger partial charge in [-0.05, 0) is 0 Å². The van der Waals surface area contributed by atoms with Gasteiger partial charge < -0.3 is 10.1 Å². The van der Waals surface area contributed by atoms with E-state index in [0.717, 1.165) is 11.3 Å². The third-order valence-corrected chi connectivity index (χ3v) is 3.43. The Kier molecular flexibility index (Phi) is 4.11. The minimum Gasteiger partial charge on any atom is -0.481 e. The smallest absolute Gasteiger partial charge is 0.313 e. The number of rotatable bonds is 5. The Morgan fingerprint density at radius 1 is 1.37 bits per heavy atom.